The lowest BCUT2D eigenvalue weighted by molar-refractivity contribution is -0.117. The Bertz CT molecular complexity index is 1150. The number of sulfonamides is 1. The molecule has 3 aromatic rings. The summed E-state index contributed by atoms with van der Waals surface area (Å²) in [6, 6.07) is 20.4. The highest BCUT2D eigenvalue weighted by Crippen LogP contribution is 2.23. The van der Waals surface area contributed by atoms with Crippen molar-refractivity contribution in [2.24, 2.45) is 0 Å². The Morgan fingerprint density at radius 2 is 1.48 bits per heavy atom. The van der Waals surface area contributed by atoms with E-state index in [0.717, 1.165) is 35.2 Å². The maximum Gasteiger partial charge on any atom is 0.242 e. The summed E-state index contributed by atoms with van der Waals surface area (Å²) in [5, 5.41) is 3.01. The van der Waals surface area contributed by atoms with Crippen LogP contribution in [0.2, 0.25) is 0 Å². The van der Waals surface area contributed by atoms with Gasteiger partial charge in [-0.25, -0.2) is 8.42 Å². The molecule has 0 fully saturated rings. The van der Waals surface area contributed by atoms with Crippen molar-refractivity contribution in [3.63, 3.8) is 0 Å². The van der Waals surface area contributed by atoms with Gasteiger partial charge in [0.1, 0.15) is 11.8 Å². The molecule has 1 unspecified atom stereocenters. The fourth-order valence-electron chi connectivity index (χ4n) is 3.66. The molecule has 0 aliphatic rings. The van der Waals surface area contributed by atoms with Crippen LogP contribution in [0.5, 0.6) is 5.75 Å². The molecule has 0 aliphatic carbocycles. The predicted molar refractivity (Wildman–Crippen MR) is 131 cm³/mol. The third-order valence-electron chi connectivity index (χ3n) is 5.51. The zero-order valence-electron chi connectivity index (χ0n) is 19.2. The summed E-state index contributed by atoms with van der Waals surface area (Å²) in [5.41, 5.74) is 3.64. The van der Waals surface area contributed by atoms with Gasteiger partial charge in [0.2, 0.25) is 15.9 Å². The number of methoxy groups -OCH3 is 1. The van der Waals surface area contributed by atoms with Crippen LogP contribution in [0.15, 0.2) is 77.7 Å². The number of aryl methyl sites for hydroxylation is 2. The third kappa shape index (κ3) is 6.21. The highest BCUT2D eigenvalue weighted by molar-refractivity contribution is 7.89. The van der Waals surface area contributed by atoms with E-state index in [1.807, 2.05) is 62.4 Å². The van der Waals surface area contributed by atoms with Crippen LogP contribution in [0.4, 0.5) is 5.69 Å². The number of nitrogens with one attached hydrogen (secondary N) is 2. The Hall–Kier alpha value is -3.16. The molecule has 1 amide bonds. The summed E-state index contributed by atoms with van der Waals surface area (Å²) in [6.45, 7) is 4.05. The summed E-state index contributed by atoms with van der Waals surface area (Å²) >= 11 is 0. The minimum absolute atomic E-state index is 0.0670. The van der Waals surface area contributed by atoms with Gasteiger partial charge in [0.25, 0.3) is 0 Å². The zero-order chi connectivity index (χ0) is 23.8. The molecule has 0 heterocycles. The van der Waals surface area contributed by atoms with Gasteiger partial charge in [-0.2, -0.15) is 4.72 Å². The molecule has 0 radical (unpaired) electrons. The Morgan fingerprint density at radius 3 is 2.03 bits per heavy atom. The topological polar surface area (TPSA) is 84.5 Å². The maximum atomic E-state index is 13.4. The van der Waals surface area contributed by atoms with E-state index >= 15 is 0 Å². The molecule has 0 aromatic heterocycles. The van der Waals surface area contributed by atoms with Crippen LogP contribution in [-0.4, -0.2) is 27.5 Å². The monoisotopic (exact) mass is 466 g/mol. The van der Waals surface area contributed by atoms with Gasteiger partial charge in [-0.15, -0.1) is 0 Å². The Kier molecular flexibility index (Phi) is 8.25. The van der Waals surface area contributed by atoms with Gasteiger partial charge >= 0.3 is 0 Å². The van der Waals surface area contributed by atoms with Crippen LogP contribution in [0.25, 0.3) is 0 Å². The second kappa shape index (κ2) is 11.1. The first-order valence-electron chi connectivity index (χ1n) is 11.0. The van der Waals surface area contributed by atoms with Crippen LogP contribution in [0, 0.1) is 0 Å². The number of hydrogen-bond donors (Lipinski definition) is 2. The van der Waals surface area contributed by atoms with Crippen molar-refractivity contribution in [1.29, 1.82) is 0 Å². The van der Waals surface area contributed by atoms with Gasteiger partial charge in [0.15, 0.2) is 0 Å². The molecular weight excluding hydrogens is 436 g/mol. The summed E-state index contributed by atoms with van der Waals surface area (Å²) in [6.07, 6.45) is 1.73. The van der Waals surface area contributed by atoms with E-state index in [-0.39, 0.29) is 11.3 Å². The molecule has 0 aliphatic heterocycles. The van der Waals surface area contributed by atoms with Gasteiger partial charge in [-0.1, -0.05) is 62.4 Å². The predicted octanol–water partition coefficient (Wildman–Crippen LogP) is 4.35. The van der Waals surface area contributed by atoms with Gasteiger partial charge < -0.3 is 10.1 Å². The van der Waals surface area contributed by atoms with E-state index in [2.05, 4.69) is 10.0 Å². The second-order valence-corrected chi connectivity index (χ2v) is 9.40. The quantitative estimate of drug-likeness (QED) is 0.465. The minimum Gasteiger partial charge on any atom is -0.497 e. The first kappa shape index (κ1) is 24.5. The smallest absolute Gasteiger partial charge is 0.242 e. The lowest BCUT2D eigenvalue weighted by Crippen LogP contribution is -2.45. The fraction of sp³-hybridized carbons (Fsp3) is 0.269. The van der Waals surface area contributed by atoms with Crippen molar-refractivity contribution in [1.82, 2.24) is 4.72 Å². The standard InChI is InChI=1S/C26H30N2O4S/c1-4-20-12-9-13-21(5-2)25(20)27-26(29)24(18-19-10-7-6-8-11-19)28-33(30,31)23-16-14-22(32-3)15-17-23/h6-17,24,28H,4-5,18H2,1-3H3,(H,27,29). The van der Waals surface area contributed by atoms with Crippen molar-refractivity contribution in [2.75, 3.05) is 12.4 Å². The van der Waals surface area contributed by atoms with Crippen LogP contribution in [-0.2, 0) is 34.1 Å². The Morgan fingerprint density at radius 1 is 0.879 bits per heavy atom. The molecule has 33 heavy (non-hydrogen) atoms. The number of anilines is 1. The first-order valence-corrected chi connectivity index (χ1v) is 12.5. The number of ether oxygens (including phenoxy) is 1. The average molecular weight is 467 g/mol. The van der Waals surface area contributed by atoms with E-state index in [4.69, 9.17) is 4.74 Å². The summed E-state index contributed by atoms with van der Waals surface area (Å²) < 4.78 is 33.9. The molecule has 1 atom stereocenters. The molecule has 6 nitrogen and oxygen atoms in total. The third-order valence-corrected chi connectivity index (χ3v) is 7.00. The Balaban J connectivity index is 1.92. The van der Waals surface area contributed by atoms with Crippen LogP contribution in [0.1, 0.15) is 30.5 Å². The Labute approximate surface area is 196 Å². The summed E-state index contributed by atoms with van der Waals surface area (Å²) in [5.74, 6) is 0.155. The van der Waals surface area contributed by atoms with Crippen molar-refractivity contribution in [3.8, 4) is 5.75 Å². The molecule has 0 spiro atoms. The molecule has 2 N–H and O–H groups in total. The van der Waals surface area contributed by atoms with Crippen molar-refractivity contribution >= 4 is 21.6 Å². The lowest BCUT2D eigenvalue weighted by atomic mass is 10.0. The second-order valence-electron chi connectivity index (χ2n) is 7.69. The number of benzene rings is 3. The van der Waals surface area contributed by atoms with Gasteiger partial charge in [0.05, 0.1) is 12.0 Å². The number of rotatable bonds is 10. The largest absolute Gasteiger partial charge is 0.497 e. The van der Waals surface area contributed by atoms with Crippen LogP contribution in [0.3, 0.4) is 0 Å². The molecule has 3 aromatic carbocycles. The molecule has 7 heteroatoms. The fourth-order valence-corrected chi connectivity index (χ4v) is 4.86. The molecule has 3 rings (SSSR count). The van der Waals surface area contributed by atoms with Gasteiger partial charge in [0, 0.05) is 5.69 Å². The zero-order valence-corrected chi connectivity index (χ0v) is 20.0. The average Bonchev–Trinajstić information content (AvgIpc) is 2.84. The SMILES string of the molecule is CCc1cccc(CC)c1NC(=O)C(Cc1ccccc1)NS(=O)(=O)c1ccc(OC)cc1. The molecule has 0 saturated heterocycles. The van der Waals surface area contributed by atoms with Crippen molar-refractivity contribution in [2.45, 2.75) is 44.0 Å². The normalized spacial score (nSPS) is 12.2. The number of carbonyl (C=O) groups is 1. The highest BCUT2D eigenvalue weighted by atomic mass is 32.2. The molecule has 0 saturated carbocycles. The first-order chi connectivity index (χ1) is 15.9. The van der Waals surface area contributed by atoms with Gasteiger partial charge in [-0.05, 0) is 60.2 Å². The van der Waals surface area contributed by atoms with E-state index in [0.29, 0.717) is 5.75 Å². The van der Waals surface area contributed by atoms with E-state index in [9.17, 15) is 13.2 Å². The number of amides is 1. The maximum absolute atomic E-state index is 13.4. The highest BCUT2D eigenvalue weighted by Gasteiger charge is 2.27. The van der Waals surface area contributed by atoms with E-state index < -0.39 is 22.0 Å². The molecular formula is C26H30N2O4S. The van der Waals surface area contributed by atoms with E-state index in [1.54, 1.807) is 12.1 Å². The molecule has 0 bridgehead atoms. The van der Waals surface area contributed by atoms with Gasteiger partial charge in [-0.3, -0.25) is 4.79 Å². The van der Waals surface area contributed by atoms with Crippen LogP contribution < -0.4 is 14.8 Å². The van der Waals surface area contributed by atoms with Crippen molar-refractivity contribution in [3.05, 3.63) is 89.5 Å². The van der Waals surface area contributed by atoms with E-state index in [1.165, 1.54) is 19.2 Å². The lowest BCUT2D eigenvalue weighted by Gasteiger charge is -2.21. The summed E-state index contributed by atoms with van der Waals surface area (Å²) in [7, 11) is -2.43. The number of para-hydroxylation sites is 1. The summed E-state index contributed by atoms with van der Waals surface area (Å²) in [4.78, 5) is 13.5. The van der Waals surface area contributed by atoms with Crippen LogP contribution >= 0.6 is 0 Å². The van der Waals surface area contributed by atoms with Crippen molar-refractivity contribution < 1.29 is 17.9 Å². The minimum atomic E-state index is -3.94. The number of carbonyl (C=O) groups excluding carboxylic acids is 1. The molecule has 174 valence electrons. The number of hydrogen-bond acceptors (Lipinski definition) is 4.